The van der Waals surface area contributed by atoms with Gasteiger partial charge >= 0.3 is 12.0 Å². The number of hydrogen-bond acceptors (Lipinski definition) is 3. The van der Waals surface area contributed by atoms with Crippen LogP contribution < -0.4 is 5.32 Å². The van der Waals surface area contributed by atoms with Crippen LogP contribution in [0.15, 0.2) is 0 Å². The topological polar surface area (TPSA) is 69.6 Å². The Bertz CT molecular complexity index is 288. The van der Waals surface area contributed by atoms with Crippen LogP contribution in [0.4, 0.5) is 4.79 Å². The Balaban J connectivity index is 4.17. The zero-order valence-electron chi connectivity index (χ0n) is 9.40. The number of carbonyl (C=O) groups is 2. The highest BCUT2D eigenvalue weighted by molar-refractivity contribution is 7.99. The van der Waals surface area contributed by atoms with E-state index < -0.39 is 12.0 Å². The Labute approximate surface area is 99.6 Å². The van der Waals surface area contributed by atoms with Gasteiger partial charge in [0.2, 0.25) is 0 Å². The van der Waals surface area contributed by atoms with Crippen molar-refractivity contribution in [2.24, 2.45) is 0 Å². The lowest BCUT2D eigenvalue weighted by atomic mass is 10.4. The molecule has 5 nitrogen and oxygen atoms in total. The molecule has 0 fully saturated rings. The van der Waals surface area contributed by atoms with Crippen LogP contribution >= 0.6 is 11.8 Å². The normalized spacial score (nSPS) is 11.3. The molecule has 0 aromatic rings. The Kier molecular flexibility index (Phi) is 7.21. The second-order valence-electron chi connectivity index (χ2n) is 3.19. The molecule has 6 heteroatoms. The van der Waals surface area contributed by atoms with Crippen LogP contribution in [0.1, 0.15) is 6.92 Å². The molecule has 0 saturated heterocycles. The molecule has 0 aliphatic carbocycles. The lowest BCUT2D eigenvalue weighted by molar-refractivity contribution is -0.137. The molecule has 0 radical (unpaired) electrons. The fourth-order valence-electron chi connectivity index (χ4n) is 0.899. The van der Waals surface area contributed by atoms with Crippen molar-refractivity contribution in [3.05, 3.63) is 0 Å². The van der Waals surface area contributed by atoms with Gasteiger partial charge in [0.15, 0.2) is 0 Å². The number of rotatable bonds is 6. The van der Waals surface area contributed by atoms with Crippen molar-refractivity contribution >= 4 is 23.8 Å². The minimum atomic E-state index is -1.08. The number of urea groups is 1. The summed E-state index contributed by atoms with van der Waals surface area (Å²) in [5, 5.41) is 11.5. The van der Waals surface area contributed by atoms with E-state index in [-0.39, 0.29) is 18.3 Å². The lowest BCUT2D eigenvalue weighted by Crippen LogP contribution is -2.44. The summed E-state index contributed by atoms with van der Waals surface area (Å²) in [6, 6.07) is -0.443. The highest BCUT2D eigenvalue weighted by atomic mass is 32.2. The lowest BCUT2D eigenvalue weighted by Gasteiger charge is -2.19. The van der Waals surface area contributed by atoms with E-state index >= 15 is 0 Å². The Hall–Kier alpha value is -1.35. The maximum absolute atomic E-state index is 11.5. The Morgan fingerprint density at radius 3 is 2.69 bits per heavy atom. The number of terminal acetylenes is 1. The maximum Gasteiger partial charge on any atom is 0.323 e. The molecule has 0 bridgehead atoms. The van der Waals surface area contributed by atoms with Gasteiger partial charge in [-0.1, -0.05) is 12.8 Å². The first-order chi connectivity index (χ1) is 7.51. The summed E-state index contributed by atoms with van der Waals surface area (Å²) in [7, 11) is 0. The number of nitrogens with one attached hydrogen (secondary N) is 1. The molecule has 0 heterocycles. The van der Waals surface area contributed by atoms with Crippen molar-refractivity contribution in [2.75, 3.05) is 25.9 Å². The Morgan fingerprint density at radius 1 is 1.62 bits per heavy atom. The van der Waals surface area contributed by atoms with E-state index in [0.29, 0.717) is 6.54 Å². The number of carboxylic acid groups (broad SMARTS) is 1. The van der Waals surface area contributed by atoms with Gasteiger partial charge in [0.25, 0.3) is 0 Å². The maximum atomic E-state index is 11.5. The number of amides is 2. The quantitative estimate of drug-likeness (QED) is 0.666. The highest BCUT2D eigenvalue weighted by Crippen LogP contribution is 2.02. The standard InChI is InChI=1S/C10H16N2O3S/c1-4-5-12(7-9(13)14)10(15)11-6-8(2)16-3/h1,8H,5-7H2,2-3H3,(H,11,15)(H,13,14). The third kappa shape index (κ3) is 6.19. The van der Waals surface area contributed by atoms with Gasteiger partial charge in [-0.05, 0) is 6.26 Å². The van der Waals surface area contributed by atoms with E-state index in [1.165, 1.54) is 0 Å². The minimum absolute atomic E-state index is 0.00815. The fraction of sp³-hybridized carbons (Fsp3) is 0.600. The molecule has 0 spiro atoms. The largest absolute Gasteiger partial charge is 0.480 e. The first kappa shape index (κ1) is 14.6. The molecule has 0 aliphatic heterocycles. The molecule has 0 aliphatic rings. The number of aliphatic carboxylic acids is 1. The number of nitrogens with zero attached hydrogens (tertiary/aromatic N) is 1. The van der Waals surface area contributed by atoms with Crippen molar-refractivity contribution in [2.45, 2.75) is 12.2 Å². The van der Waals surface area contributed by atoms with Crippen LogP contribution in [0.5, 0.6) is 0 Å². The Morgan fingerprint density at radius 2 is 2.25 bits per heavy atom. The summed E-state index contributed by atoms with van der Waals surface area (Å²) in [6.45, 7) is 2.06. The summed E-state index contributed by atoms with van der Waals surface area (Å²) in [5.41, 5.74) is 0. The van der Waals surface area contributed by atoms with E-state index in [1.807, 2.05) is 13.2 Å². The van der Waals surface area contributed by atoms with Gasteiger partial charge in [-0.15, -0.1) is 6.42 Å². The predicted octanol–water partition coefficient (Wildman–Crippen LogP) is 0.467. The van der Waals surface area contributed by atoms with Gasteiger partial charge in [0, 0.05) is 11.8 Å². The third-order valence-corrected chi connectivity index (χ3v) is 2.81. The van der Waals surface area contributed by atoms with Crippen LogP contribution in [0.3, 0.4) is 0 Å². The van der Waals surface area contributed by atoms with Crippen LogP contribution in [0.25, 0.3) is 0 Å². The van der Waals surface area contributed by atoms with Gasteiger partial charge in [-0.2, -0.15) is 11.8 Å². The predicted molar refractivity (Wildman–Crippen MR) is 64.4 cm³/mol. The second kappa shape index (κ2) is 7.88. The fourth-order valence-corrected chi connectivity index (χ4v) is 1.15. The molecule has 1 atom stereocenters. The summed E-state index contributed by atoms with van der Waals surface area (Å²) in [6.07, 6.45) is 6.99. The average Bonchev–Trinajstić information content (AvgIpc) is 2.24. The van der Waals surface area contributed by atoms with Crippen molar-refractivity contribution in [3.63, 3.8) is 0 Å². The smallest absolute Gasteiger partial charge is 0.323 e. The third-order valence-electron chi connectivity index (χ3n) is 1.84. The number of thioether (sulfide) groups is 1. The highest BCUT2D eigenvalue weighted by Gasteiger charge is 2.15. The first-order valence-electron chi connectivity index (χ1n) is 4.72. The molecule has 1 unspecified atom stereocenters. The molecule has 0 aromatic carbocycles. The van der Waals surface area contributed by atoms with E-state index in [4.69, 9.17) is 11.5 Å². The molecular weight excluding hydrogens is 228 g/mol. The van der Waals surface area contributed by atoms with Gasteiger partial charge in [0.05, 0.1) is 6.54 Å². The number of carboxylic acids is 1. The molecule has 2 N–H and O–H groups in total. The van der Waals surface area contributed by atoms with Gasteiger partial charge < -0.3 is 15.3 Å². The number of carbonyl (C=O) groups excluding carboxylic acids is 1. The molecule has 90 valence electrons. The van der Waals surface area contributed by atoms with Crippen molar-refractivity contribution in [1.29, 1.82) is 0 Å². The number of hydrogen-bond donors (Lipinski definition) is 2. The molecule has 0 saturated carbocycles. The van der Waals surface area contributed by atoms with Gasteiger partial charge in [-0.25, -0.2) is 4.79 Å². The zero-order valence-corrected chi connectivity index (χ0v) is 10.2. The zero-order chi connectivity index (χ0) is 12.6. The van der Waals surface area contributed by atoms with Crippen LogP contribution in [-0.2, 0) is 4.79 Å². The van der Waals surface area contributed by atoms with Crippen molar-refractivity contribution < 1.29 is 14.7 Å². The summed E-state index contributed by atoms with van der Waals surface area (Å²) < 4.78 is 0. The van der Waals surface area contributed by atoms with Gasteiger partial charge in [-0.3, -0.25) is 4.79 Å². The monoisotopic (exact) mass is 244 g/mol. The summed E-state index contributed by atoms with van der Waals surface area (Å²) in [4.78, 5) is 23.1. The van der Waals surface area contributed by atoms with E-state index in [0.717, 1.165) is 4.90 Å². The average molecular weight is 244 g/mol. The van der Waals surface area contributed by atoms with Crippen LogP contribution in [0, 0.1) is 12.3 Å². The molecular formula is C10H16N2O3S. The van der Waals surface area contributed by atoms with Crippen LogP contribution in [0.2, 0.25) is 0 Å². The molecule has 0 rings (SSSR count). The first-order valence-corrected chi connectivity index (χ1v) is 6.00. The van der Waals surface area contributed by atoms with E-state index in [9.17, 15) is 9.59 Å². The van der Waals surface area contributed by atoms with Crippen molar-refractivity contribution in [1.82, 2.24) is 10.2 Å². The van der Waals surface area contributed by atoms with E-state index in [2.05, 4.69) is 11.2 Å². The molecule has 16 heavy (non-hydrogen) atoms. The second-order valence-corrected chi connectivity index (χ2v) is 4.46. The molecule has 2 amide bonds. The molecule has 0 aromatic heterocycles. The summed E-state index contributed by atoms with van der Waals surface area (Å²) >= 11 is 1.62. The summed E-state index contributed by atoms with van der Waals surface area (Å²) in [5.74, 6) is 1.17. The van der Waals surface area contributed by atoms with E-state index in [1.54, 1.807) is 11.8 Å². The minimum Gasteiger partial charge on any atom is -0.480 e. The SMILES string of the molecule is C#CCN(CC(=O)O)C(=O)NCC(C)SC. The van der Waals surface area contributed by atoms with Gasteiger partial charge in [0.1, 0.15) is 6.54 Å². The van der Waals surface area contributed by atoms with Crippen LogP contribution in [-0.4, -0.2) is 53.1 Å². The van der Waals surface area contributed by atoms with Crippen molar-refractivity contribution in [3.8, 4) is 12.3 Å².